The van der Waals surface area contributed by atoms with Crippen molar-refractivity contribution in [3.8, 4) is 5.69 Å². The van der Waals surface area contributed by atoms with Gasteiger partial charge < -0.3 is 9.30 Å². The van der Waals surface area contributed by atoms with Crippen molar-refractivity contribution in [1.82, 2.24) is 9.13 Å². The number of halogens is 1. The van der Waals surface area contributed by atoms with Gasteiger partial charge in [-0.05, 0) is 86.7 Å². The molecule has 0 saturated carbocycles. The molecule has 3 heterocycles. The summed E-state index contributed by atoms with van der Waals surface area (Å²) < 4.78 is 23.3. The lowest BCUT2D eigenvalue weighted by atomic mass is 9.93. The van der Waals surface area contributed by atoms with Crippen LogP contribution < -0.4 is 14.9 Å². The number of nitrogens with zero attached hydrogens (tertiary/aromatic N) is 3. The zero-order valence-electron chi connectivity index (χ0n) is 24.7. The first kappa shape index (κ1) is 29.6. The third kappa shape index (κ3) is 5.37. The van der Waals surface area contributed by atoms with Gasteiger partial charge in [0.2, 0.25) is 0 Å². The minimum atomic E-state index is -0.731. The molecule has 0 radical (unpaired) electrons. The predicted octanol–water partition coefficient (Wildman–Crippen LogP) is 6.20. The monoisotopic (exact) mass is 623 g/mol. The van der Waals surface area contributed by atoms with Gasteiger partial charge in [0.15, 0.2) is 4.80 Å². The summed E-state index contributed by atoms with van der Waals surface area (Å²) in [5, 5.41) is 0. The molecule has 0 N–H and O–H groups in total. The van der Waals surface area contributed by atoms with E-state index < -0.39 is 12.0 Å². The molecular weight excluding hydrogens is 594 g/mol. The van der Waals surface area contributed by atoms with Gasteiger partial charge in [-0.25, -0.2) is 14.2 Å². The van der Waals surface area contributed by atoms with Crippen molar-refractivity contribution < 1.29 is 13.9 Å². The number of esters is 1. The van der Waals surface area contributed by atoms with E-state index in [2.05, 4.69) is 0 Å². The van der Waals surface area contributed by atoms with Crippen LogP contribution in [-0.4, -0.2) is 28.0 Å². The standard InChI is InChI=1S/C35H30FN3O3S2/c1-5-42-34(41)30-31(23-9-7-6-8-10-23)37-35-39(32(30)24-11-17-28(43-4)18-12-24)33(40)29(44-35)20-25-19-21(2)38(22(25)3)27-15-13-26(36)14-16-27/h6-20,32H,5H2,1-4H3/b29-20-/t32-/m1/s1. The normalized spacial score (nSPS) is 14.8. The van der Waals surface area contributed by atoms with Gasteiger partial charge >= 0.3 is 5.97 Å². The number of fused-ring (bicyclic) bond motifs is 1. The number of thioether (sulfide) groups is 1. The van der Waals surface area contributed by atoms with Crippen molar-refractivity contribution >= 4 is 40.8 Å². The third-order valence-corrected chi connectivity index (χ3v) is 9.37. The highest BCUT2D eigenvalue weighted by molar-refractivity contribution is 7.98. The molecule has 1 atom stereocenters. The van der Waals surface area contributed by atoms with Gasteiger partial charge in [0.25, 0.3) is 5.56 Å². The van der Waals surface area contributed by atoms with Gasteiger partial charge in [-0.3, -0.25) is 9.36 Å². The Labute approximate surface area is 262 Å². The maximum Gasteiger partial charge on any atom is 0.338 e. The zero-order valence-corrected chi connectivity index (χ0v) is 26.3. The summed E-state index contributed by atoms with van der Waals surface area (Å²) in [6.07, 6.45) is 3.87. The maximum atomic E-state index is 14.3. The van der Waals surface area contributed by atoms with E-state index in [9.17, 15) is 14.0 Å². The highest BCUT2D eigenvalue weighted by Crippen LogP contribution is 2.35. The highest BCUT2D eigenvalue weighted by Gasteiger charge is 2.35. The number of rotatable bonds is 7. The quantitative estimate of drug-likeness (QED) is 0.160. The van der Waals surface area contributed by atoms with Crippen molar-refractivity contribution in [2.24, 2.45) is 4.99 Å². The van der Waals surface area contributed by atoms with Crippen LogP contribution in [0.2, 0.25) is 0 Å². The Morgan fingerprint density at radius 1 is 1.05 bits per heavy atom. The summed E-state index contributed by atoms with van der Waals surface area (Å²) in [6, 6.07) is 25.0. The number of hydrogen-bond acceptors (Lipinski definition) is 6. The minimum absolute atomic E-state index is 0.191. The van der Waals surface area contributed by atoms with Crippen molar-refractivity contribution in [2.45, 2.75) is 31.7 Å². The topological polar surface area (TPSA) is 65.6 Å². The number of thiazole rings is 1. The molecule has 1 aliphatic rings. The van der Waals surface area contributed by atoms with E-state index in [0.717, 1.165) is 38.7 Å². The summed E-state index contributed by atoms with van der Waals surface area (Å²) in [4.78, 5) is 34.4. The van der Waals surface area contributed by atoms with Crippen molar-refractivity contribution in [1.29, 1.82) is 0 Å². The van der Waals surface area contributed by atoms with Crippen LogP contribution in [0.4, 0.5) is 4.39 Å². The molecule has 222 valence electrons. The van der Waals surface area contributed by atoms with E-state index in [0.29, 0.717) is 20.6 Å². The molecule has 6 nitrogen and oxygen atoms in total. The molecule has 6 rings (SSSR count). The number of benzene rings is 3. The van der Waals surface area contributed by atoms with E-state index in [1.807, 2.05) is 91.4 Å². The number of hydrogen-bond donors (Lipinski definition) is 0. The number of carbonyl (C=O) groups excluding carboxylic acids is 1. The highest BCUT2D eigenvalue weighted by atomic mass is 32.2. The lowest BCUT2D eigenvalue weighted by Gasteiger charge is -2.26. The van der Waals surface area contributed by atoms with Crippen LogP contribution in [-0.2, 0) is 9.53 Å². The van der Waals surface area contributed by atoms with Gasteiger partial charge in [-0.15, -0.1) is 11.8 Å². The molecule has 1 aliphatic heterocycles. The average Bonchev–Trinajstić information content (AvgIpc) is 3.50. The average molecular weight is 624 g/mol. The molecule has 0 unspecified atom stereocenters. The smallest absolute Gasteiger partial charge is 0.338 e. The zero-order chi connectivity index (χ0) is 31.0. The number of aromatic nitrogens is 2. The van der Waals surface area contributed by atoms with Gasteiger partial charge in [-0.2, -0.15) is 0 Å². The Morgan fingerprint density at radius 3 is 2.41 bits per heavy atom. The molecule has 44 heavy (non-hydrogen) atoms. The van der Waals surface area contributed by atoms with Crippen molar-refractivity contribution in [3.63, 3.8) is 0 Å². The van der Waals surface area contributed by atoms with Gasteiger partial charge in [0.1, 0.15) is 5.82 Å². The molecule has 0 bridgehead atoms. The number of carbonyl (C=O) groups is 1. The molecule has 0 aliphatic carbocycles. The maximum absolute atomic E-state index is 14.3. The molecule has 5 aromatic rings. The fourth-order valence-corrected chi connectivity index (χ4v) is 7.00. The second-order valence-corrected chi connectivity index (χ2v) is 12.2. The number of aryl methyl sites for hydroxylation is 1. The van der Waals surface area contributed by atoms with Gasteiger partial charge in [-0.1, -0.05) is 53.8 Å². The Morgan fingerprint density at radius 2 is 1.75 bits per heavy atom. The van der Waals surface area contributed by atoms with Crippen LogP contribution in [0.5, 0.6) is 0 Å². The van der Waals surface area contributed by atoms with E-state index in [1.54, 1.807) is 35.4 Å². The van der Waals surface area contributed by atoms with Crippen molar-refractivity contribution in [3.05, 3.63) is 144 Å². The molecule has 0 saturated heterocycles. The lowest BCUT2D eigenvalue weighted by Crippen LogP contribution is -2.40. The minimum Gasteiger partial charge on any atom is -0.463 e. The summed E-state index contributed by atoms with van der Waals surface area (Å²) in [7, 11) is 0. The van der Waals surface area contributed by atoms with E-state index in [-0.39, 0.29) is 18.0 Å². The summed E-state index contributed by atoms with van der Waals surface area (Å²) in [5.74, 6) is -0.807. The molecule has 0 fully saturated rings. The fourth-order valence-electron chi connectivity index (χ4n) is 5.60. The molecule has 0 amide bonds. The largest absolute Gasteiger partial charge is 0.463 e. The molecular formula is C35H30FN3O3S2. The Balaban J connectivity index is 1.59. The predicted molar refractivity (Wildman–Crippen MR) is 174 cm³/mol. The molecule has 2 aromatic heterocycles. The van der Waals surface area contributed by atoms with E-state index in [1.165, 1.54) is 23.5 Å². The SMILES string of the molecule is CCOC(=O)C1=C(c2ccccc2)N=c2s/c(=C\c3cc(C)n(-c4ccc(F)cc4)c3C)c(=O)n2[C@@H]1c1ccc(SC)cc1. The van der Waals surface area contributed by atoms with Gasteiger partial charge in [0, 0.05) is 27.5 Å². The van der Waals surface area contributed by atoms with Crippen LogP contribution in [0.15, 0.2) is 105 Å². The fraction of sp³-hybridized carbons (Fsp3) is 0.171. The van der Waals surface area contributed by atoms with Crippen LogP contribution >= 0.6 is 23.1 Å². The van der Waals surface area contributed by atoms with Gasteiger partial charge in [0.05, 0.1) is 28.5 Å². The van der Waals surface area contributed by atoms with Crippen LogP contribution in [0.1, 0.15) is 41.0 Å². The van der Waals surface area contributed by atoms with Crippen LogP contribution in [0.3, 0.4) is 0 Å². The first-order chi connectivity index (χ1) is 21.3. The lowest BCUT2D eigenvalue weighted by molar-refractivity contribution is -0.138. The van der Waals surface area contributed by atoms with E-state index >= 15 is 0 Å². The van der Waals surface area contributed by atoms with Crippen LogP contribution in [0, 0.1) is 19.7 Å². The Hall–Kier alpha value is -4.47. The molecule has 3 aromatic carbocycles. The third-order valence-electron chi connectivity index (χ3n) is 7.65. The summed E-state index contributed by atoms with van der Waals surface area (Å²) >= 11 is 2.91. The first-order valence-corrected chi connectivity index (χ1v) is 16.2. The van der Waals surface area contributed by atoms with Crippen LogP contribution in [0.25, 0.3) is 17.5 Å². The summed E-state index contributed by atoms with van der Waals surface area (Å²) in [6.45, 7) is 5.91. The van der Waals surface area contributed by atoms with E-state index in [4.69, 9.17) is 9.73 Å². The molecule has 0 spiro atoms. The van der Waals surface area contributed by atoms with Crippen molar-refractivity contribution in [2.75, 3.05) is 12.9 Å². The first-order valence-electron chi connectivity index (χ1n) is 14.2. The second-order valence-electron chi connectivity index (χ2n) is 10.3. The Kier molecular flexibility index (Phi) is 8.25. The Bertz CT molecular complexity index is 2070. The second kappa shape index (κ2) is 12.3. The summed E-state index contributed by atoms with van der Waals surface area (Å²) in [5.41, 5.74) is 5.70. The molecule has 9 heteroatoms. The number of ether oxygens (including phenoxy) is 1.